The monoisotopic (exact) mass is 279 g/mol. The largest absolute Gasteiger partial charge is 0.393 e. The van der Waals surface area contributed by atoms with Gasteiger partial charge < -0.3 is 15.5 Å². The number of hydrogen-bond acceptors (Lipinski definition) is 3. The Kier molecular flexibility index (Phi) is 5.76. The number of hydrogen-bond donors (Lipinski definition) is 1. The number of carbonyl (C=O) groups excluding carboxylic acids is 1. The van der Waals surface area contributed by atoms with Crippen LogP contribution in [0.3, 0.4) is 0 Å². The second-order valence-electron chi connectivity index (χ2n) is 4.55. The van der Waals surface area contributed by atoms with Gasteiger partial charge in [-0.15, -0.1) is 0 Å². The zero-order valence-corrected chi connectivity index (χ0v) is 12.5. The topological polar surface area (TPSA) is 49.6 Å². The van der Waals surface area contributed by atoms with Crippen molar-refractivity contribution in [1.29, 1.82) is 0 Å². The highest BCUT2D eigenvalue weighted by Gasteiger charge is 2.14. The molecule has 2 N–H and O–H groups in total. The molecular formula is C14H21N3OS. The molecule has 0 spiro atoms. The van der Waals surface area contributed by atoms with Crippen LogP contribution >= 0.6 is 12.2 Å². The molecule has 0 aliphatic heterocycles. The normalized spacial score (nSPS) is 10.1. The summed E-state index contributed by atoms with van der Waals surface area (Å²) in [5.74, 6) is 0.0162. The standard InChI is InChI=1S/C14H21N3OS/c1-4-17(9-8-13(15)19)14(18)11-6-5-7-12(10-11)16(2)3/h5-7,10H,4,8-9H2,1-3H3,(H2,15,19). The predicted octanol–water partition coefficient (Wildman–Crippen LogP) is 1.89. The van der Waals surface area contributed by atoms with Gasteiger partial charge in [0.25, 0.3) is 5.91 Å². The molecule has 5 heteroatoms. The fraction of sp³-hybridized carbons (Fsp3) is 0.429. The second kappa shape index (κ2) is 7.09. The fourth-order valence-electron chi connectivity index (χ4n) is 1.75. The third-order valence-corrected chi connectivity index (χ3v) is 3.11. The van der Waals surface area contributed by atoms with E-state index in [9.17, 15) is 4.79 Å². The van der Waals surface area contributed by atoms with E-state index < -0.39 is 0 Å². The van der Waals surface area contributed by atoms with E-state index >= 15 is 0 Å². The van der Waals surface area contributed by atoms with Crippen LogP contribution in [0.25, 0.3) is 0 Å². The Morgan fingerprint density at radius 3 is 2.58 bits per heavy atom. The van der Waals surface area contributed by atoms with Crippen LogP contribution in [-0.2, 0) is 0 Å². The summed E-state index contributed by atoms with van der Waals surface area (Å²) in [7, 11) is 3.90. The van der Waals surface area contributed by atoms with E-state index in [4.69, 9.17) is 18.0 Å². The lowest BCUT2D eigenvalue weighted by Crippen LogP contribution is -2.33. The molecule has 0 unspecified atom stereocenters. The smallest absolute Gasteiger partial charge is 0.253 e. The van der Waals surface area contributed by atoms with Gasteiger partial charge in [0, 0.05) is 44.9 Å². The first-order chi connectivity index (χ1) is 8.95. The maximum Gasteiger partial charge on any atom is 0.253 e. The van der Waals surface area contributed by atoms with Gasteiger partial charge in [-0.2, -0.15) is 0 Å². The van der Waals surface area contributed by atoms with Crippen LogP contribution < -0.4 is 10.6 Å². The molecule has 0 fully saturated rings. The maximum absolute atomic E-state index is 12.4. The lowest BCUT2D eigenvalue weighted by molar-refractivity contribution is 0.0769. The number of benzene rings is 1. The van der Waals surface area contributed by atoms with Crippen LogP contribution in [-0.4, -0.2) is 43.0 Å². The minimum atomic E-state index is 0.0162. The van der Waals surface area contributed by atoms with E-state index in [0.29, 0.717) is 30.1 Å². The van der Waals surface area contributed by atoms with Crippen LogP contribution in [0.15, 0.2) is 24.3 Å². The molecule has 19 heavy (non-hydrogen) atoms. The zero-order valence-electron chi connectivity index (χ0n) is 11.7. The quantitative estimate of drug-likeness (QED) is 0.808. The summed E-state index contributed by atoms with van der Waals surface area (Å²) in [4.78, 5) is 16.6. The average Bonchev–Trinajstić information content (AvgIpc) is 2.39. The molecule has 1 aromatic rings. The van der Waals surface area contributed by atoms with E-state index in [0.717, 1.165) is 5.69 Å². The molecule has 0 radical (unpaired) electrons. The van der Waals surface area contributed by atoms with Gasteiger partial charge in [0.1, 0.15) is 0 Å². The molecule has 0 saturated heterocycles. The fourth-order valence-corrected chi connectivity index (χ4v) is 1.84. The van der Waals surface area contributed by atoms with Crippen molar-refractivity contribution in [2.45, 2.75) is 13.3 Å². The maximum atomic E-state index is 12.4. The van der Waals surface area contributed by atoms with Gasteiger partial charge in [0.05, 0.1) is 4.99 Å². The van der Waals surface area contributed by atoms with E-state index in [1.807, 2.05) is 50.2 Å². The molecule has 0 aliphatic carbocycles. The summed E-state index contributed by atoms with van der Waals surface area (Å²) in [5, 5.41) is 0. The number of nitrogens with zero attached hydrogens (tertiary/aromatic N) is 2. The van der Waals surface area contributed by atoms with Crippen LogP contribution in [0.1, 0.15) is 23.7 Å². The molecule has 104 valence electrons. The van der Waals surface area contributed by atoms with Gasteiger partial charge in [-0.1, -0.05) is 18.3 Å². The van der Waals surface area contributed by atoms with Crippen molar-refractivity contribution in [1.82, 2.24) is 4.90 Å². The Hall–Kier alpha value is -1.62. The average molecular weight is 279 g/mol. The Morgan fingerprint density at radius 1 is 1.37 bits per heavy atom. The SMILES string of the molecule is CCN(CCC(N)=S)C(=O)c1cccc(N(C)C)c1. The van der Waals surface area contributed by atoms with E-state index in [2.05, 4.69) is 0 Å². The van der Waals surface area contributed by atoms with Gasteiger partial charge in [-0.3, -0.25) is 4.79 Å². The lowest BCUT2D eigenvalue weighted by atomic mass is 10.1. The molecule has 1 amide bonds. The number of anilines is 1. The molecule has 0 bridgehead atoms. The lowest BCUT2D eigenvalue weighted by Gasteiger charge is -2.21. The predicted molar refractivity (Wildman–Crippen MR) is 83.7 cm³/mol. The van der Waals surface area contributed by atoms with Crippen LogP contribution in [0.4, 0.5) is 5.69 Å². The molecule has 0 aliphatic rings. The summed E-state index contributed by atoms with van der Waals surface area (Å²) < 4.78 is 0. The minimum Gasteiger partial charge on any atom is -0.393 e. The first kappa shape index (κ1) is 15.4. The number of thiocarbonyl (C=S) groups is 1. The summed E-state index contributed by atoms with van der Waals surface area (Å²) in [5.41, 5.74) is 7.19. The third kappa shape index (κ3) is 4.52. The first-order valence-electron chi connectivity index (χ1n) is 6.30. The van der Waals surface area contributed by atoms with Crippen molar-refractivity contribution in [2.75, 3.05) is 32.1 Å². The highest BCUT2D eigenvalue weighted by atomic mass is 32.1. The Morgan fingerprint density at radius 2 is 2.05 bits per heavy atom. The molecule has 0 heterocycles. The molecule has 4 nitrogen and oxygen atoms in total. The van der Waals surface area contributed by atoms with Crippen LogP contribution in [0.5, 0.6) is 0 Å². The summed E-state index contributed by atoms with van der Waals surface area (Å²) in [6.45, 7) is 3.16. The molecule has 0 atom stereocenters. The molecule has 0 aromatic heterocycles. The van der Waals surface area contributed by atoms with Crippen LogP contribution in [0.2, 0.25) is 0 Å². The number of rotatable bonds is 6. The summed E-state index contributed by atoms with van der Waals surface area (Å²) in [6, 6.07) is 7.59. The second-order valence-corrected chi connectivity index (χ2v) is 5.07. The van der Waals surface area contributed by atoms with Crippen molar-refractivity contribution in [3.05, 3.63) is 29.8 Å². The van der Waals surface area contributed by atoms with Crippen molar-refractivity contribution < 1.29 is 4.79 Å². The Bertz CT molecular complexity index is 460. The third-order valence-electron chi connectivity index (χ3n) is 2.91. The number of carbonyl (C=O) groups is 1. The Labute approximate surface area is 120 Å². The summed E-state index contributed by atoms with van der Waals surface area (Å²) in [6.07, 6.45) is 0.558. The minimum absolute atomic E-state index is 0.0162. The highest BCUT2D eigenvalue weighted by Crippen LogP contribution is 2.15. The van der Waals surface area contributed by atoms with Gasteiger partial charge in [-0.05, 0) is 25.1 Å². The van der Waals surface area contributed by atoms with E-state index in [1.54, 1.807) is 4.90 Å². The van der Waals surface area contributed by atoms with Gasteiger partial charge in [-0.25, -0.2) is 0 Å². The van der Waals surface area contributed by atoms with Crippen LogP contribution in [0, 0.1) is 0 Å². The summed E-state index contributed by atoms with van der Waals surface area (Å²) >= 11 is 4.85. The van der Waals surface area contributed by atoms with E-state index in [1.165, 1.54) is 0 Å². The zero-order chi connectivity index (χ0) is 14.4. The van der Waals surface area contributed by atoms with Crippen molar-refractivity contribution in [3.8, 4) is 0 Å². The number of nitrogens with two attached hydrogens (primary N) is 1. The molecule has 1 rings (SSSR count). The number of amides is 1. The van der Waals surface area contributed by atoms with Gasteiger partial charge in [0.15, 0.2) is 0 Å². The van der Waals surface area contributed by atoms with Gasteiger partial charge in [0.2, 0.25) is 0 Å². The highest BCUT2D eigenvalue weighted by molar-refractivity contribution is 7.80. The van der Waals surface area contributed by atoms with E-state index in [-0.39, 0.29) is 5.91 Å². The molecular weight excluding hydrogens is 258 g/mol. The van der Waals surface area contributed by atoms with Crippen molar-refractivity contribution >= 4 is 28.8 Å². The molecule has 0 saturated carbocycles. The molecule has 1 aromatic carbocycles. The van der Waals surface area contributed by atoms with Crippen molar-refractivity contribution in [2.24, 2.45) is 5.73 Å². The van der Waals surface area contributed by atoms with Gasteiger partial charge >= 0.3 is 0 Å². The first-order valence-corrected chi connectivity index (χ1v) is 6.71. The van der Waals surface area contributed by atoms with Crippen molar-refractivity contribution in [3.63, 3.8) is 0 Å². The Balaban J connectivity index is 2.84.